The zero-order chi connectivity index (χ0) is 17.0. The molecule has 2 saturated heterocycles. The van der Waals surface area contributed by atoms with Crippen molar-refractivity contribution in [2.75, 3.05) is 26.2 Å². The lowest BCUT2D eigenvalue weighted by atomic mass is 9.92. The van der Waals surface area contributed by atoms with Gasteiger partial charge >= 0.3 is 5.97 Å². The molecule has 0 spiro atoms. The third kappa shape index (κ3) is 4.24. The molecule has 0 saturated carbocycles. The van der Waals surface area contributed by atoms with E-state index in [9.17, 15) is 14.4 Å². The summed E-state index contributed by atoms with van der Waals surface area (Å²) in [6.45, 7) is 6.23. The topological polar surface area (TPSA) is 77.9 Å². The number of carbonyl (C=O) groups excluding carboxylic acids is 2. The third-order valence-corrected chi connectivity index (χ3v) is 5.27. The van der Waals surface area contributed by atoms with Crippen molar-refractivity contribution in [1.29, 1.82) is 0 Å². The number of amides is 2. The number of hydrogen-bond donors (Lipinski definition) is 1. The number of likely N-dealkylation sites (tertiary alicyclic amines) is 2. The van der Waals surface area contributed by atoms with Crippen LogP contribution in [0.15, 0.2) is 0 Å². The minimum atomic E-state index is -0.764. The standard InChI is InChI=1S/C17H28N2O4/c1-3-12(2)15(20)19-8-4-5-14(11-19)16(21)18-9-6-13(7-10-18)17(22)23/h12-14H,3-11H2,1-2H3,(H,22,23). The number of rotatable bonds is 4. The fraction of sp³-hybridized carbons (Fsp3) is 0.824. The molecule has 0 aromatic heterocycles. The zero-order valence-electron chi connectivity index (χ0n) is 14.2. The second kappa shape index (κ2) is 7.79. The first-order chi connectivity index (χ1) is 10.9. The van der Waals surface area contributed by atoms with Crippen molar-refractivity contribution < 1.29 is 19.5 Å². The van der Waals surface area contributed by atoms with Crippen molar-refractivity contribution in [1.82, 2.24) is 9.80 Å². The van der Waals surface area contributed by atoms with Crippen LogP contribution in [0.2, 0.25) is 0 Å². The van der Waals surface area contributed by atoms with Gasteiger partial charge in [0.1, 0.15) is 0 Å². The predicted octanol–water partition coefficient (Wildman–Crippen LogP) is 1.59. The Morgan fingerprint density at radius 1 is 1.04 bits per heavy atom. The van der Waals surface area contributed by atoms with E-state index in [0.29, 0.717) is 32.5 Å². The molecule has 0 aromatic carbocycles. The van der Waals surface area contributed by atoms with Crippen LogP contribution < -0.4 is 0 Å². The molecule has 2 unspecified atom stereocenters. The molecule has 1 N–H and O–H groups in total. The highest BCUT2D eigenvalue weighted by molar-refractivity contribution is 5.82. The quantitative estimate of drug-likeness (QED) is 0.852. The molecule has 130 valence electrons. The van der Waals surface area contributed by atoms with Gasteiger partial charge in [0.05, 0.1) is 11.8 Å². The Kier molecular flexibility index (Phi) is 6.02. The first kappa shape index (κ1) is 17.8. The Morgan fingerprint density at radius 2 is 1.70 bits per heavy atom. The van der Waals surface area contributed by atoms with E-state index < -0.39 is 5.97 Å². The van der Waals surface area contributed by atoms with Gasteiger partial charge in [0.15, 0.2) is 0 Å². The molecule has 2 aliphatic heterocycles. The highest BCUT2D eigenvalue weighted by Crippen LogP contribution is 2.24. The van der Waals surface area contributed by atoms with Crippen molar-refractivity contribution in [2.24, 2.45) is 17.8 Å². The van der Waals surface area contributed by atoms with Gasteiger partial charge in [-0.25, -0.2) is 0 Å². The van der Waals surface area contributed by atoms with Gasteiger partial charge < -0.3 is 14.9 Å². The molecular formula is C17H28N2O4. The zero-order valence-corrected chi connectivity index (χ0v) is 14.2. The van der Waals surface area contributed by atoms with Crippen molar-refractivity contribution >= 4 is 17.8 Å². The van der Waals surface area contributed by atoms with E-state index >= 15 is 0 Å². The van der Waals surface area contributed by atoms with E-state index in [4.69, 9.17) is 5.11 Å². The van der Waals surface area contributed by atoms with Crippen molar-refractivity contribution in [3.05, 3.63) is 0 Å². The lowest BCUT2D eigenvalue weighted by Gasteiger charge is -2.38. The summed E-state index contributed by atoms with van der Waals surface area (Å²) in [5.41, 5.74) is 0. The fourth-order valence-corrected chi connectivity index (χ4v) is 3.47. The average molecular weight is 324 g/mol. The largest absolute Gasteiger partial charge is 0.481 e. The Balaban J connectivity index is 1.90. The van der Waals surface area contributed by atoms with Crippen LogP contribution in [0, 0.1) is 17.8 Å². The molecule has 2 amide bonds. The highest BCUT2D eigenvalue weighted by atomic mass is 16.4. The average Bonchev–Trinajstić information content (AvgIpc) is 2.59. The lowest BCUT2D eigenvalue weighted by molar-refractivity contribution is -0.148. The monoisotopic (exact) mass is 324 g/mol. The molecule has 6 heteroatoms. The molecule has 0 radical (unpaired) electrons. The van der Waals surface area contributed by atoms with E-state index in [1.807, 2.05) is 18.7 Å². The highest BCUT2D eigenvalue weighted by Gasteiger charge is 2.34. The van der Waals surface area contributed by atoms with E-state index in [0.717, 1.165) is 25.8 Å². The predicted molar refractivity (Wildman–Crippen MR) is 85.7 cm³/mol. The van der Waals surface area contributed by atoms with E-state index in [1.54, 1.807) is 4.90 Å². The van der Waals surface area contributed by atoms with Gasteiger partial charge in [-0.15, -0.1) is 0 Å². The van der Waals surface area contributed by atoms with Gasteiger partial charge in [-0.2, -0.15) is 0 Å². The normalized spacial score (nSPS) is 24.3. The van der Waals surface area contributed by atoms with Crippen LogP contribution >= 0.6 is 0 Å². The maximum atomic E-state index is 12.7. The molecule has 2 rings (SSSR count). The van der Waals surface area contributed by atoms with Crippen LogP contribution in [0.1, 0.15) is 46.0 Å². The Morgan fingerprint density at radius 3 is 2.26 bits per heavy atom. The molecule has 0 aromatic rings. The van der Waals surface area contributed by atoms with Crippen LogP contribution in [-0.4, -0.2) is 58.9 Å². The number of carbonyl (C=O) groups is 3. The molecule has 23 heavy (non-hydrogen) atoms. The summed E-state index contributed by atoms with van der Waals surface area (Å²) >= 11 is 0. The molecule has 2 aliphatic rings. The fourth-order valence-electron chi connectivity index (χ4n) is 3.47. The van der Waals surface area contributed by atoms with E-state index in [-0.39, 0.29) is 29.6 Å². The lowest BCUT2D eigenvalue weighted by Crippen LogP contribution is -2.49. The van der Waals surface area contributed by atoms with Crippen LogP contribution in [0.3, 0.4) is 0 Å². The van der Waals surface area contributed by atoms with E-state index in [2.05, 4.69) is 0 Å². The summed E-state index contributed by atoms with van der Waals surface area (Å²) in [4.78, 5) is 39.6. The summed E-state index contributed by atoms with van der Waals surface area (Å²) in [7, 11) is 0. The molecule has 0 bridgehead atoms. The molecule has 6 nitrogen and oxygen atoms in total. The Hall–Kier alpha value is -1.59. The van der Waals surface area contributed by atoms with Gasteiger partial charge in [0, 0.05) is 32.1 Å². The molecule has 2 heterocycles. The SMILES string of the molecule is CCC(C)C(=O)N1CCCC(C(=O)N2CCC(C(=O)O)CC2)C1. The number of aliphatic carboxylic acids is 1. The number of nitrogens with zero attached hydrogens (tertiary/aromatic N) is 2. The van der Waals surface area contributed by atoms with Gasteiger partial charge in [-0.3, -0.25) is 14.4 Å². The van der Waals surface area contributed by atoms with Crippen molar-refractivity contribution in [3.8, 4) is 0 Å². The molecular weight excluding hydrogens is 296 g/mol. The number of hydrogen-bond acceptors (Lipinski definition) is 3. The number of piperidine rings is 2. The second-order valence-electron chi connectivity index (χ2n) is 6.87. The summed E-state index contributed by atoms with van der Waals surface area (Å²) in [5, 5.41) is 9.04. The van der Waals surface area contributed by atoms with Gasteiger partial charge in [0.2, 0.25) is 11.8 Å². The van der Waals surface area contributed by atoms with Gasteiger partial charge in [-0.05, 0) is 32.1 Å². The van der Waals surface area contributed by atoms with Crippen molar-refractivity contribution in [3.63, 3.8) is 0 Å². The summed E-state index contributed by atoms with van der Waals surface area (Å²) in [5.74, 6) is -0.965. The summed E-state index contributed by atoms with van der Waals surface area (Å²) < 4.78 is 0. The molecule has 0 aliphatic carbocycles. The van der Waals surface area contributed by atoms with Crippen molar-refractivity contribution in [2.45, 2.75) is 46.0 Å². The minimum absolute atomic E-state index is 0.00941. The minimum Gasteiger partial charge on any atom is -0.481 e. The van der Waals surface area contributed by atoms with Crippen LogP contribution in [-0.2, 0) is 14.4 Å². The second-order valence-corrected chi connectivity index (χ2v) is 6.87. The Labute approximate surface area is 137 Å². The summed E-state index contributed by atoms with van der Waals surface area (Å²) in [6, 6.07) is 0. The first-order valence-corrected chi connectivity index (χ1v) is 8.74. The Bertz CT molecular complexity index is 458. The van der Waals surface area contributed by atoms with Crippen LogP contribution in [0.4, 0.5) is 0 Å². The third-order valence-electron chi connectivity index (χ3n) is 5.27. The maximum Gasteiger partial charge on any atom is 0.306 e. The smallest absolute Gasteiger partial charge is 0.306 e. The van der Waals surface area contributed by atoms with Crippen LogP contribution in [0.25, 0.3) is 0 Å². The van der Waals surface area contributed by atoms with E-state index in [1.165, 1.54) is 0 Å². The molecule has 2 fully saturated rings. The maximum absolute atomic E-state index is 12.7. The molecule has 2 atom stereocenters. The van der Waals surface area contributed by atoms with Gasteiger partial charge in [-0.1, -0.05) is 13.8 Å². The number of carboxylic acids is 1. The summed E-state index contributed by atoms with van der Waals surface area (Å²) in [6.07, 6.45) is 3.56. The first-order valence-electron chi connectivity index (χ1n) is 8.74. The van der Waals surface area contributed by atoms with Crippen LogP contribution in [0.5, 0.6) is 0 Å². The van der Waals surface area contributed by atoms with Gasteiger partial charge in [0.25, 0.3) is 0 Å². The number of carboxylic acid groups (broad SMARTS) is 1.